The molecule has 4 nitrogen and oxygen atoms in total. The Kier molecular flexibility index (Phi) is 4.88. The first-order valence-corrected chi connectivity index (χ1v) is 3.18. The zero-order chi connectivity index (χ0) is 7.98. The van der Waals surface area contributed by atoms with Gasteiger partial charge in [0.1, 0.15) is 0 Å². The van der Waals surface area contributed by atoms with Gasteiger partial charge in [-0.25, -0.2) is 5.43 Å². The molecule has 0 aliphatic carbocycles. The maximum atomic E-state index is 10.3. The molecule has 0 bridgehead atoms. The maximum absolute atomic E-state index is 10.3. The predicted molar refractivity (Wildman–Crippen MR) is 38.3 cm³/mol. The average Bonchev–Trinajstić information content (AvgIpc) is 1.85. The molecule has 2 N–H and O–H groups in total. The second-order valence-corrected chi connectivity index (χ2v) is 2.18. The fourth-order valence-corrected chi connectivity index (χ4v) is 0.516. The minimum atomic E-state index is -0.0945. The minimum Gasteiger partial charge on any atom is -0.383 e. The van der Waals surface area contributed by atoms with Crippen LogP contribution in [0, 0.1) is 0 Å². The summed E-state index contributed by atoms with van der Waals surface area (Å²) in [7, 11) is 1.62. The first kappa shape index (κ1) is 9.39. The summed E-state index contributed by atoms with van der Waals surface area (Å²) in [6, 6.07) is 0.147. The highest BCUT2D eigenvalue weighted by Crippen LogP contribution is 1.77. The Bertz CT molecular complexity index is 106. The summed E-state index contributed by atoms with van der Waals surface area (Å²) < 4.78 is 4.82. The summed E-state index contributed by atoms with van der Waals surface area (Å²) >= 11 is 0. The third-order valence-corrected chi connectivity index (χ3v) is 0.911. The fraction of sp³-hybridized carbons (Fsp3) is 0.833. The third-order valence-electron chi connectivity index (χ3n) is 0.911. The molecule has 0 aliphatic rings. The van der Waals surface area contributed by atoms with Crippen LogP contribution in [0.4, 0.5) is 0 Å². The molecule has 0 fully saturated rings. The van der Waals surface area contributed by atoms with Crippen LogP contribution in [0.3, 0.4) is 0 Å². The first-order chi connectivity index (χ1) is 4.66. The van der Waals surface area contributed by atoms with Crippen molar-refractivity contribution in [3.05, 3.63) is 0 Å². The Morgan fingerprint density at radius 2 is 2.30 bits per heavy atom. The summed E-state index contributed by atoms with van der Waals surface area (Å²) in [6.45, 7) is 3.95. The first-order valence-electron chi connectivity index (χ1n) is 3.18. The highest BCUT2D eigenvalue weighted by molar-refractivity contribution is 5.72. The highest BCUT2D eigenvalue weighted by atomic mass is 16.5. The summed E-state index contributed by atoms with van der Waals surface area (Å²) in [5.74, 6) is -0.0945. The van der Waals surface area contributed by atoms with E-state index in [0.29, 0.717) is 6.61 Å². The Morgan fingerprint density at radius 1 is 1.70 bits per heavy atom. The van der Waals surface area contributed by atoms with Gasteiger partial charge in [-0.2, -0.15) is 0 Å². The number of nitrogens with one attached hydrogen (secondary N) is 2. The number of hydrazine groups is 1. The quantitative estimate of drug-likeness (QED) is 0.533. The van der Waals surface area contributed by atoms with E-state index in [1.807, 2.05) is 6.92 Å². The molecule has 1 atom stereocenters. The summed E-state index contributed by atoms with van der Waals surface area (Å²) in [5.41, 5.74) is 5.22. The lowest BCUT2D eigenvalue weighted by Gasteiger charge is -2.11. The molecule has 0 radical (unpaired) electrons. The van der Waals surface area contributed by atoms with E-state index in [1.54, 1.807) is 7.11 Å². The standard InChI is InChI=1S/C6H14N2O2/c1-5(4-10-3)7-8-6(2)9/h5,7H,4H2,1-3H3,(H,8,9). The largest absolute Gasteiger partial charge is 0.383 e. The smallest absolute Gasteiger partial charge is 0.230 e. The van der Waals surface area contributed by atoms with Crippen molar-refractivity contribution in [2.75, 3.05) is 13.7 Å². The number of rotatable bonds is 4. The molecule has 0 aliphatic heterocycles. The Balaban J connectivity index is 3.21. The molecule has 0 spiro atoms. The van der Waals surface area contributed by atoms with Crippen LogP contribution in [-0.4, -0.2) is 25.7 Å². The van der Waals surface area contributed by atoms with E-state index < -0.39 is 0 Å². The molecule has 4 heteroatoms. The number of hydrogen-bond donors (Lipinski definition) is 2. The predicted octanol–water partition coefficient (Wildman–Crippen LogP) is -0.338. The molecule has 1 unspecified atom stereocenters. The van der Waals surface area contributed by atoms with Gasteiger partial charge in [0.15, 0.2) is 0 Å². The lowest BCUT2D eigenvalue weighted by molar-refractivity contribution is -0.120. The van der Waals surface area contributed by atoms with Crippen molar-refractivity contribution in [3.8, 4) is 0 Å². The third kappa shape index (κ3) is 5.53. The molecule has 0 aromatic heterocycles. The normalized spacial score (nSPS) is 12.7. The van der Waals surface area contributed by atoms with E-state index in [9.17, 15) is 4.79 Å². The molecule has 60 valence electrons. The van der Waals surface area contributed by atoms with Gasteiger partial charge in [0.2, 0.25) is 5.91 Å². The van der Waals surface area contributed by atoms with Crippen molar-refractivity contribution in [1.82, 2.24) is 10.9 Å². The molecule has 0 heterocycles. The van der Waals surface area contributed by atoms with Gasteiger partial charge >= 0.3 is 0 Å². The summed E-state index contributed by atoms with van der Waals surface area (Å²) in [5, 5.41) is 0. The van der Waals surface area contributed by atoms with E-state index in [4.69, 9.17) is 4.74 Å². The van der Waals surface area contributed by atoms with Crippen LogP contribution in [0.15, 0.2) is 0 Å². The lowest BCUT2D eigenvalue weighted by atomic mass is 10.4. The number of carbonyl (C=O) groups excluding carboxylic acids is 1. The van der Waals surface area contributed by atoms with Crippen molar-refractivity contribution in [3.63, 3.8) is 0 Å². The maximum Gasteiger partial charge on any atom is 0.230 e. The minimum absolute atomic E-state index is 0.0945. The zero-order valence-corrected chi connectivity index (χ0v) is 6.60. The van der Waals surface area contributed by atoms with Crippen molar-refractivity contribution in [2.24, 2.45) is 0 Å². The zero-order valence-electron chi connectivity index (χ0n) is 6.60. The molecule has 0 saturated carbocycles. The van der Waals surface area contributed by atoms with Crippen LogP contribution < -0.4 is 10.9 Å². The number of carbonyl (C=O) groups is 1. The van der Waals surface area contributed by atoms with Gasteiger partial charge in [-0.1, -0.05) is 0 Å². The number of ether oxygens (including phenoxy) is 1. The van der Waals surface area contributed by atoms with Gasteiger partial charge in [0.25, 0.3) is 0 Å². The Morgan fingerprint density at radius 3 is 2.70 bits per heavy atom. The lowest BCUT2D eigenvalue weighted by Crippen LogP contribution is -2.43. The van der Waals surface area contributed by atoms with Crippen LogP contribution in [0.5, 0.6) is 0 Å². The van der Waals surface area contributed by atoms with Crippen molar-refractivity contribution in [2.45, 2.75) is 19.9 Å². The molecule has 10 heavy (non-hydrogen) atoms. The van der Waals surface area contributed by atoms with Crippen LogP contribution in [0.2, 0.25) is 0 Å². The molecular weight excluding hydrogens is 132 g/mol. The van der Waals surface area contributed by atoms with Crippen LogP contribution in [0.25, 0.3) is 0 Å². The number of amides is 1. The SMILES string of the molecule is COCC(C)NNC(C)=O. The second kappa shape index (κ2) is 5.20. The van der Waals surface area contributed by atoms with E-state index in [-0.39, 0.29) is 11.9 Å². The second-order valence-electron chi connectivity index (χ2n) is 2.18. The monoisotopic (exact) mass is 146 g/mol. The molecule has 0 saturated heterocycles. The molecule has 1 amide bonds. The van der Waals surface area contributed by atoms with E-state index in [0.717, 1.165) is 0 Å². The van der Waals surface area contributed by atoms with Gasteiger partial charge in [0, 0.05) is 20.1 Å². The van der Waals surface area contributed by atoms with Crippen LogP contribution >= 0.6 is 0 Å². The van der Waals surface area contributed by atoms with Gasteiger partial charge < -0.3 is 4.74 Å². The summed E-state index contributed by atoms with van der Waals surface area (Å²) in [4.78, 5) is 10.3. The van der Waals surface area contributed by atoms with Crippen LogP contribution in [0.1, 0.15) is 13.8 Å². The van der Waals surface area contributed by atoms with E-state index in [2.05, 4.69) is 10.9 Å². The average molecular weight is 146 g/mol. The molecule has 0 rings (SSSR count). The van der Waals surface area contributed by atoms with Gasteiger partial charge in [-0.05, 0) is 6.92 Å². The van der Waals surface area contributed by atoms with Crippen molar-refractivity contribution < 1.29 is 9.53 Å². The van der Waals surface area contributed by atoms with Crippen molar-refractivity contribution in [1.29, 1.82) is 0 Å². The Hall–Kier alpha value is -0.610. The number of methoxy groups -OCH3 is 1. The molecule has 0 aromatic rings. The molecular formula is C6H14N2O2. The number of hydrogen-bond acceptors (Lipinski definition) is 3. The Labute approximate surface area is 60.9 Å². The van der Waals surface area contributed by atoms with E-state index in [1.165, 1.54) is 6.92 Å². The van der Waals surface area contributed by atoms with Gasteiger partial charge in [0.05, 0.1) is 6.61 Å². The fourth-order valence-electron chi connectivity index (χ4n) is 0.516. The summed E-state index contributed by atoms with van der Waals surface area (Å²) in [6.07, 6.45) is 0. The highest BCUT2D eigenvalue weighted by Gasteiger charge is 1.98. The van der Waals surface area contributed by atoms with Gasteiger partial charge in [-0.15, -0.1) is 0 Å². The van der Waals surface area contributed by atoms with Gasteiger partial charge in [-0.3, -0.25) is 10.2 Å². The van der Waals surface area contributed by atoms with Crippen LogP contribution in [-0.2, 0) is 9.53 Å². The van der Waals surface area contributed by atoms with E-state index >= 15 is 0 Å². The molecule has 0 aromatic carbocycles. The topological polar surface area (TPSA) is 50.4 Å². The van der Waals surface area contributed by atoms with Crippen molar-refractivity contribution >= 4 is 5.91 Å².